The van der Waals surface area contributed by atoms with Gasteiger partial charge in [0, 0.05) is 10.2 Å². The van der Waals surface area contributed by atoms with Gasteiger partial charge >= 0.3 is 0 Å². The summed E-state index contributed by atoms with van der Waals surface area (Å²) in [5.41, 5.74) is 3.36. The van der Waals surface area contributed by atoms with E-state index in [9.17, 15) is 4.79 Å². The van der Waals surface area contributed by atoms with Crippen molar-refractivity contribution in [1.82, 2.24) is 5.32 Å². The van der Waals surface area contributed by atoms with Gasteiger partial charge in [0.25, 0.3) is 0 Å². The second kappa shape index (κ2) is 8.23. The van der Waals surface area contributed by atoms with E-state index in [1.165, 1.54) is 17.3 Å². The first-order chi connectivity index (χ1) is 11.6. The third kappa shape index (κ3) is 4.65. The van der Waals surface area contributed by atoms with Crippen molar-refractivity contribution >= 4 is 55.4 Å². The molecule has 24 heavy (non-hydrogen) atoms. The van der Waals surface area contributed by atoms with Crippen LogP contribution in [0.1, 0.15) is 24.1 Å². The van der Waals surface area contributed by atoms with Crippen LogP contribution in [0.5, 0.6) is 0 Å². The molecule has 0 spiro atoms. The van der Waals surface area contributed by atoms with Gasteiger partial charge in [0.15, 0.2) is 0 Å². The maximum absolute atomic E-state index is 12.2. The molecule has 0 radical (unpaired) electrons. The summed E-state index contributed by atoms with van der Waals surface area (Å²) < 4.78 is 1.99. The third-order valence-electron chi connectivity index (χ3n) is 3.63. The summed E-state index contributed by atoms with van der Waals surface area (Å²) in [6, 6.07) is 16.1. The van der Waals surface area contributed by atoms with Crippen molar-refractivity contribution in [2.24, 2.45) is 4.99 Å². The number of hydrogen-bond donors (Lipinski definition) is 1. The number of fused-ring (bicyclic) bond motifs is 1. The number of carbonyl (C=O) groups excluding carboxylic acids is 1. The van der Waals surface area contributed by atoms with E-state index in [-0.39, 0.29) is 11.9 Å². The van der Waals surface area contributed by atoms with Gasteiger partial charge in [0.05, 0.1) is 17.5 Å². The molecule has 0 aliphatic carbocycles. The summed E-state index contributed by atoms with van der Waals surface area (Å²) in [6.45, 7) is 1.99. The number of amides is 1. The smallest absolute Gasteiger partial charge is 0.230 e. The molecule has 1 aliphatic rings. The van der Waals surface area contributed by atoms with Crippen LogP contribution >= 0.6 is 39.5 Å². The van der Waals surface area contributed by atoms with Gasteiger partial charge in [-0.1, -0.05) is 69.8 Å². The lowest BCUT2D eigenvalue weighted by atomic mass is 10.1. The van der Waals surface area contributed by atoms with Crippen LogP contribution in [0.25, 0.3) is 0 Å². The SMILES string of the molecule is CC(NC(=O)CSC1=Nc2ccccc2CS1)c1ccc(Br)cc1. The number of aliphatic imine (C=N–C) groups is 1. The summed E-state index contributed by atoms with van der Waals surface area (Å²) in [6.07, 6.45) is 0. The number of nitrogens with zero attached hydrogens (tertiary/aromatic N) is 1. The van der Waals surface area contributed by atoms with Crippen LogP contribution in [0.4, 0.5) is 5.69 Å². The zero-order valence-electron chi connectivity index (χ0n) is 13.2. The Hall–Kier alpha value is -1.24. The fourth-order valence-corrected chi connectivity index (χ4v) is 4.47. The molecule has 3 rings (SSSR count). The predicted octanol–water partition coefficient (Wildman–Crippen LogP) is 5.29. The van der Waals surface area contributed by atoms with Gasteiger partial charge in [-0.05, 0) is 36.2 Å². The van der Waals surface area contributed by atoms with Gasteiger partial charge < -0.3 is 5.32 Å². The molecule has 0 saturated heterocycles. The van der Waals surface area contributed by atoms with Crippen LogP contribution in [0.2, 0.25) is 0 Å². The fraction of sp³-hybridized carbons (Fsp3) is 0.222. The standard InChI is InChI=1S/C18H17BrN2OS2/c1-12(13-6-8-15(19)9-7-13)20-17(22)11-24-18-21-16-5-3-2-4-14(16)10-23-18/h2-9,12H,10-11H2,1H3,(H,20,22). The first kappa shape index (κ1) is 17.6. The summed E-state index contributed by atoms with van der Waals surface area (Å²) in [4.78, 5) is 16.8. The zero-order chi connectivity index (χ0) is 16.9. The number of para-hydroxylation sites is 1. The molecule has 2 aromatic carbocycles. The number of thioether (sulfide) groups is 2. The fourth-order valence-electron chi connectivity index (χ4n) is 2.33. The van der Waals surface area contributed by atoms with Crippen LogP contribution in [0.3, 0.4) is 0 Å². The van der Waals surface area contributed by atoms with E-state index in [2.05, 4.69) is 32.3 Å². The summed E-state index contributed by atoms with van der Waals surface area (Å²) in [7, 11) is 0. The Bertz CT molecular complexity index is 762. The average molecular weight is 421 g/mol. The Balaban J connectivity index is 1.53. The van der Waals surface area contributed by atoms with Crippen LogP contribution in [-0.4, -0.2) is 16.0 Å². The van der Waals surface area contributed by atoms with Crippen molar-refractivity contribution in [2.75, 3.05) is 5.75 Å². The lowest BCUT2D eigenvalue weighted by Crippen LogP contribution is -2.28. The molecule has 1 heterocycles. The Labute approximate surface area is 158 Å². The molecule has 2 aromatic rings. The largest absolute Gasteiger partial charge is 0.349 e. The maximum Gasteiger partial charge on any atom is 0.230 e. The topological polar surface area (TPSA) is 41.5 Å². The van der Waals surface area contributed by atoms with Crippen molar-refractivity contribution in [3.63, 3.8) is 0 Å². The molecule has 0 saturated carbocycles. The van der Waals surface area contributed by atoms with Gasteiger partial charge in [-0.2, -0.15) is 0 Å². The van der Waals surface area contributed by atoms with Gasteiger partial charge in [-0.25, -0.2) is 4.99 Å². The minimum absolute atomic E-state index is 0.00660. The van der Waals surface area contributed by atoms with E-state index in [0.29, 0.717) is 5.75 Å². The highest BCUT2D eigenvalue weighted by Gasteiger charge is 2.15. The van der Waals surface area contributed by atoms with E-state index >= 15 is 0 Å². The van der Waals surface area contributed by atoms with Gasteiger partial charge in [-0.15, -0.1) is 0 Å². The van der Waals surface area contributed by atoms with Crippen LogP contribution in [-0.2, 0) is 10.5 Å². The summed E-state index contributed by atoms with van der Waals surface area (Å²) in [5, 5.41) is 3.04. The van der Waals surface area contributed by atoms with Crippen LogP contribution in [0.15, 0.2) is 58.0 Å². The van der Waals surface area contributed by atoms with Crippen molar-refractivity contribution in [2.45, 2.75) is 18.7 Å². The second-order valence-electron chi connectivity index (χ2n) is 5.42. The summed E-state index contributed by atoms with van der Waals surface area (Å²) >= 11 is 6.61. The van der Waals surface area contributed by atoms with Gasteiger partial charge in [0.2, 0.25) is 5.91 Å². The molecular formula is C18H17BrN2OS2. The Kier molecular flexibility index (Phi) is 6.03. The van der Waals surface area contributed by atoms with E-state index in [1.807, 2.05) is 49.4 Å². The van der Waals surface area contributed by atoms with Crippen molar-refractivity contribution in [1.29, 1.82) is 0 Å². The van der Waals surface area contributed by atoms with Gasteiger partial charge in [0.1, 0.15) is 4.38 Å². The minimum Gasteiger partial charge on any atom is -0.349 e. The number of halogens is 1. The third-order valence-corrected chi connectivity index (χ3v) is 6.40. The number of carbonyl (C=O) groups is 1. The Morgan fingerprint density at radius 1 is 1.29 bits per heavy atom. The number of nitrogens with one attached hydrogen (secondary N) is 1. The molecule has 1 amide bonds. The molecule has 1 N–H and O–H groups in total. The highest BCUT2D eigenvalue weighted by molar-refractivity contribution is 9.10. The first-order valence-electron chi connectivity index (χ1n) is 7.59. The molecule has 3 nitrogen and oxygen atoms in total. The Morgan fingerprint density at radius 2 is 2.04 bits per heavy atom. The van der Waals surface area contributed by atoms with E-state index in [4.69, 9.17) is 0 Å². The lowest BCUT2D eigenvalue weighted by molar-refractivity contribution is -0.119. The molecule has 0 aromatic heterocycles. The van der Waals surface area contributed by atoms with Crippen LogP contribution in [0, 0.1) is 0 Å². The van der Waals surface area contributed by atoms with Crippen molar-refractivity contribution in [3.05, 3.63) is 64.1 Å². The van der Waals surface area contributed by atoms with E-state index in [1.54, 1.807) is 11.8 Å². The van der Waals surface area contributed by atoms with E-state index in [0.717, 1.165) is 25.9 Å². The highest BCUT2D eigenvalue weighted by atomic mass is 79.9. The lowest BCUT2D eigenvalue weighted by Gasteiger charge is -2.16. The average Bonchev–Trinajstić information content (AvgIpc) is 2.60. The molecule has 1 unspecified atom stereocenters. The van der Waals surface area contributed by atoms with Crippen LogP contribution < -0.4 is 5.32 Å². The summed E-state index contributed by atoms with van der Waals surface area (Å²) in [5.74, 6) is 1.32. The number of rotatable bonds is 4. The second-order valence-corrected chi connectivity index (χ2v) is 8.53. The van der Waals surface area contributed by atoms with Crippen molar-refractivity contribution < 1.29 is 4.79 Å². The maximum atomic E-state index is 12.2. The minimum atomic E-state index is -0.00660. The number of benzene rings is 2. The first-order valence-corrected chi connectivity index (χ1v) is 10.4. The highest BCUT2D eigenvalue weighted by Crippen LogP contribution is 2.34. The number of hydrogen-bond acceptors (Lipinski definition) is 4. The molecular weight excluding hydrogens is 404 g/mol. The molecule has 124 valence electrons. The molecule has 1 aliphatic heterocycles. The molecule has 0 fully saturated rings. The van der Waals surface area contributed by atoms with Crippen molar-refractivity contribution in [3.8, 4) is 0 Å². The van der Waals surface area contributed by atoms with E-state index < -0.39 is 0 Å². The quantitative estimate of drug-likeness (QED) is 0.729. The van der Waals surface area contributed by atoms with Gasteiger partial charge in [-0.3, -0.25) is 4.79 Å². The monoisotopic (exact) mass is 420 g/mol. The molecule has 0 bridgehead atoms. The molecule has 1 atom stereocenters. The predicted molar refractivity (Wildman–Crippen MR) is 108 cm³/mol. The molecule has 6 heteroatoms. The Morgan fingerprint density at radius 3 is 2.83 bits per heavy atom. The normalized spacial score (nSPS) is 14.5. The zero-order valence-corrected chi connectivity index (χ0v) is 16.4.